The maximum Gasteiger partial charge on any atom is 0.307 e. The molecule has 0 radical (unpaired) electrons. The third kappa shape index (κ3) is 1.94. The second-order valence-corrected chi connectivity index (χ2v) is 2.76. The van der Waals surface area contributed by atoms with Crippen LogP contribution in [0.3, 0.4) is 0 Å². The molecule has 0 spiro atoms. The zero-order chi connectivity index (χ0) is 9.14. The van der Waals surface area contributed by atoms with Crippen LogP contribution in [0.4, 0.5) is 0 Å². The summed E-state index contributed by atoms with van der Waals surface area (Å²) in [5.74, 6) is -0.292. The Hall–Kier alpha value is -1.10. The van der Waals surface area contributed by atoms with E-state index in [0.29, 0.717) is 6.42 Å². The minimum atomic E-state index is -0.296. The van der Waals surface area contributed by atoms with Gasteiger partial charge in [-0.15, -0.1) is 0 Å². The number of rotatable bonds is 2. The Kier molecular flexibility index (Phi) is 2.65. The molecule has 1 aliphatic rings. The Balaban J connectivity index is 2.37. The summed E-state index contributed by atoms with van der Waals surface area (Å²) in [5, 5.41) is 1.40. The van der Waals surface area contributed by atoms with Crippen molar-refractivity contribution in [1.29, 1.82) is 0 Å². The van der Waals surface area contributed by atoms with E-state index in [2.05, 4.69) is 10.2 Å². The van der Waals surface area contributed by atoms with E-state index in [1.807, 2.05) is 0 Å². The van der Waals surface area contributed by atoms with Crippen LogP contribution in [0.15, 0.2) is 0 Å². The number of amides is 1. The summed E-state index contributed by atoms with van der Waals surface area (Å²) in [6.45, 7) is 0. The molecule has 1 N–H and O–H groups in total. The van der Waals surface area contributed by atoms with Gasteiger partial charge in [0, 0.05) is 19.5 Å². The minimum Gasteiger partial charge on any atom is -0.469 e. The van der Waals surface area contributed by atoms with Crippen LogP contribution in [0, 0.1) is 0 Å². The second-order valence-electron chi connectivity index (χ2n) is 2.76. The molecule has 1 fully saturated rings. The first-order chi connectivity index (χ1) is 5.63. The fourth-order valence-electron chi connectivity index (χ4n) is 1.14. The van der Waals surface area contributed by atoms with Crippen molar-refractivity contribution in [2.75, 3.05) is 14.2 Å². The number of carbonyl (C=O) groups excluding carboxylic acids is 2. The molecule has 1 heterocycles. The van der Waals surface area contributed by atoms with E-state index in [0.717, 1.165) is 0 Å². The molecule has 1 atom stereocenters. The molecule has 0 saturated carbocycles. The van der Waals surface area contributed by atoms with Gasteiger partial charge in [-0.3, -0.25) is 14.6 Å². The van der Waals surface area contributed by atoms with Crippen molar-refractivity contribution in [3.8, 4) is 0 Å². The fourth-order valence-corrected chi connectivity index (χ4v) is 1.14. The molecule has 0 aromatic heterocycles. The molecule has 1 unspecified atom stereocenters. The van der Waals surface area contributed by atoms with Crippen LogP contribution in [0.2, 0.25) is 0 Å². The maximum absolute atomic E-state index is 11.0. The molecule has 0 aromatic rings. The van der Waals surface area contributed by atoms with Crippen molar-refractivity contribution in [2.45, 2.75) is 18.9 Å². The van der Waals surface area contributed by atoms with Crippen LogP contribution < -0.4 is 5.43 Å². The van der Waals surface area contributed by atoms with Crippen LogP contribution in [-0.4, -0.2) is 37.1 Å². The minimum absolute atomic E-state index is 0.00361. The van der Waals surface area contributed by atoms with Gasteiger partial charge >= 0.3 is 5.97 Å². The van der Waals surface area contributed by atoms with Crippen molar-refractivity contribution in [3.63, 3.8) is 0 Å². The normalized spacial score (nSPS) is 23.0. The van der Waals surface area contributed by atoms with E-state index >= 15 is 0 Å². The number of ether oxygens (including phenoxy) is 1. The summed E-state index contributed by atoms with van der Waals surface area (Å²) in [4.78, 5) is 21.8. The van der Waals surface area contributed by atoms with Gasteiger partial charge in [0.25, 0.3) is 0 Å². The molecule has 5 heteroatoms. The van der Waals surface area contributed by atoms with Crippen LogP contribution in [-0.2, 0) is 14.3 Å². The van der Waals surface area contributed by atoms with Crippen molar-refractivity contribution in [1.82, 2.24) is 10.4 Å². The highest BCUT2D eigenvalue weighted by molar-refractivity contribution is 5.79. The van der Waals surface area contributed by atoms with Crippen molar-refractivity contribution in [2.24, 2.45) is 0 Å². The first-order valence-electron chi connectivity index (χ1n) is 3.73. The number of esters is 1. The predicted molar refractivity (Wildman–Crippen MR) is 40.9 cm³/mol. The predicted octanol–water partition coefficient (Wildman–Crippen LogP) is -0.715. The van der Waals surface area contributed by atoms with Crippen molar-refractivity contribution in [3.05, 3.63) is 0 Å². The first-order valence-corrected chi connectivity index (χ1v) is 3.73. The van der Waals surface area contributed by atoms with E-state index in [-0.39, 0.29) is 24.3 Å². The van der Waals surface area contributed by atoms with E-state index < -0.39 is 0 Å². The Labute approximate surface area is 70.6 Å². The van der Waals surface area contributed by atoms with Gasteiger partial charge in [-0.05, 0) is 0 Å². The number of nitrogens with zero attached hydrogens (tertiary/aromatic N) is 1. The molecule has 68 valence electrons. The van der Waals surface area contributed by atoms with Gasteiger partial charge < -0.3 is 4.74 Å². The Bertz CT molecular complexity index is 205. The van der Waals surface area contributed by atoms with Gasteiger partial charge in [0.15, 0.2) is 0 Å². The van der Waals surface area contributed by atoms with Crippen molar-refractivity contribution < 1.29 is 14.3 Å². The largest absolute Gasteiger partial charge is 0.469 e. The lowest BCUT2D eigenvalue weighted by Gasteiger charge is -2.10. The highest BCUT2D eigenvalue weighted by atomic mass is 16.5. The monoisotopic (exact) mass is 172 g/mol. The molecule has 1 aliphatic heterocycles. The van der Waals surface area contributed by atoms with Crippen LogP contribution in [0.25, 0.3) is 0 Å². The molecule has 0 aliphatic carbocycles. The second kappa shape index (κ2) is 3.53. The van der Waals surface area contributed by atoms with Gasteiger partial charge in [-0.1, -0.05) is 0 Å². The lowest BCUT2D eigenvalue weighted by atomic mass is 10.2. The van der Waals surface area contributed by atoms with Gasteiger partial charge in [-0.25, -0.2) is 5.43 Å². The highest BCUT2D eigenvalue weighted by Gasteiger charge is 2.27. The summed E-state index contributed by atoms with van der Waals surface area (Å²) >= 11 is 0. The number of methoxy groups -OCH3 is 1. The van der Waals surface area contributed by atoms with Gasteiger partial charge in [0.2, 0.25) is 5.91 Å². The SMILES string of the molecule is COC(=O)CC1CC(=O)N(C)N1. The fraction of sp³-hybridized carbons (Fsp3) is 0.714. The molecular formula is C7H12N2O3. The van der Waals surface area contributed by atoms with E-state index in [9.17, 15) is 9.59 Å². The summed E-state index contributed by atoms with van der Waals surface area (Å²) < 4.78 is 4.47. The van der Waals surface area contributed by atoms with Crippen LogP contribution in [0.1, 0.15) is 12.8 Å². The number of hydrazine groups is 1. The van der Waals surface area contributed by atoms with Crippen molar-refractivity contribution >= 4 is 11.9 Å². The molecule has 1 amide bonds. The zero-order valence-electron chi connectivity index (χ0n) is 7.16. The molecule has 12 heavy (non-hydrogen) atoms. The Morgan fingerprint density at radius 2 is 2.50 bits per heavy atom. The number of carbonyl (C=O) groups is 2. The smallest absolute Gasteiger partial charge is 0.307 e. The number of hydrogen-bond acceptors (Lipinski definition) is 4. The molecule has 5 nitrogen and oxygen atoms in total. The van der Waals surface area contributed by atoms with E-state index in [4.69, 9.17) is 0 Å². The van der Waals surface area contributed by atoms with E-state index in [1.54, 1.807) is 7.05 Å². The topological polar surface area (TPSA) is 58.6 Å². The summed E-state index contributed by atoms with van der Waals surface area (Å²) in [7, 11) is 2.97. The zero-order valence-corrected chi connectivity index (χ0v) is 7.16. The Morgan fingerprint density at radius 3 is 2.92 bits per heavy atom. The third-order valence-corrected chi connectivity index (χ3v) is 1.81. The summed E-state index contributed by atoms with van der Waals surface area (Å²) in [5.41, 5.74) is 2.85. The standard InChI is InChI=1S/C7H12N2O3/c1-9-6(10)3-5(8-9)4-7(11)12-2/h5,8H,3-4H2,1-2H3. The van der Waals surface area contributed by atoms with E-state index in [1.165, 1.54) is 12.1 Å². The molecular weight excluding hydrogens is 160 g/mol. The average molecular weight is 172 g/mol. The molecule has 0 bridgehead atoms. The van der Waals surface area contributed by atoms with Crippen LogP contribution >= 0.6 is 0 Å². The number of hydrogen-bond donors (Lipinski definition) is 1. The van der Waals surface area contributed by atoms with Crippen LogP contribution in [0.5, 0.6) is 0 Å². The molecule has 0 aromatic carbocycles. The summed E-state index contributed by atoms with van der Waals surface area (Å²) in [6, 6.07) is -0.102. The average Bonchev–Trinajstić information content (AvgIpc) is 2.31. The lowest BCUT2D eigenvalue weighted by molar-refractivity contribution is -0.141. The molecule has 1 saturated heterocycles. The number of nitrogens with one attached hydrogen (secondary N) is 1. The van der Waals surface area contributed by atoms with Gasteiger partial charge in [0.1, 0.15) is 0 Å². The summed E-state index contributed by atoms with van der Waals surface area (Å²) in [6.07, 6.45) is 0.609. The maximum atomic E-state index is 11.0. The van der Waals surface area contributed by atoms with Gasteiger partial charge in [0.05, 0.1) is 13.5 Å². The molecule has 1 rings (SSSR count). The van der Waals surface area contributed by atoms with Gasteiger partial charge in [-0.2, -0.15) is 0 Å². The quantitative estimate of drug-likeness (QED) is 0.559. The lowest BCUT2D eigenvalue weighted by Crippen LogP contribution is -2.35. The Morgan fingerprint density at radius 1 is 1.83 bits per heavy atom. The first kappa shape index (κ1) is 8.99. The third-order valence-electron chi connectivity index (χ3n) is 1.81. The highest BCUT2D eigenvalue weighted by Crippen LogP contribution is 2.09.